The normalized spacial score (nSPS) is 31.0. The van der Waals surface area contributed by atoms with Crippen LogP contribution in [0.5, 0.6) is 0 Å². The van der Waals surface area contributed by atoms with Gasteiger partial charge in [-0.05, 0) is 50.1 Å². The van der Waals surface area contributed by atoms with Crippen LogP contribution >= 0.6 is 0 Å². The molecule has 136 valence electrons. The largest absolute Gasteiger partial charge is 0.381 e. The molecule has 1 aromatic rings. The first-order valence-corrected chi connectivity index (χ1v) is 9.90. The predicted molar refractivity (Wildman–Crippen MR) is 98.2 cm³/mol. The van der Waals surface area contributed by atoms with E-state index in [1.165, 1.54) is 31.5 Å². The number of hydrogen-bond acceptors (Lipinski definition) is 3. The number of amides is 1. The van der Waals surface area contributed by atoms with Crippen LogP contribution in [0, 0.1) is 5.92 Å². The van der Waals surface area contributed by atoms with Crippen molar-refractivity contribution in [2.75, 3.05) is 32.8 Å². The summed E-state index contributed by atoms with van der Waals surface area (Å²) in [6, 6.07) is 10.5. The van der Waals surface area contributed by atoms with Crippen LogP contribution in [0.2, 0.25) is 0 Å². The molecular formula is C21H30N2O2. The van der Waals surface area contributed by atoms with Gasteiger partial charge in [-0.3, -0.25) is 4.79 Å². The van der Waals surface area contributed by atoms with E-state index < -0.39 is 0 Å². The van der Waals surface area contributed by atoms with Crippen molar-refractivity contribution in [1.29, 1.82) is 0 Å². The van der Waals surface area contributed by atoms with Crippen molar-refractivity contribution in [2.45, 2.75) is 50.6 Å². The predicted octanol–water partition coefficient (Wildman–Crippen LogP) is 3.07. The molecule has 1 spiro atoms. The Bertz CT molecular complexity index is 585. The average molecular weight is 342 g/mol. The summed E-state index contributed by atoms with van der Waals surface area (Å²) in [5.74, 6) is 1.06. The first-order chi connectivity index (χ1) is 12.3. The fraction of sp³-hybridized carbons (Fsp3) is 0.667. The van der Waals surface area contributed by atoms with Gasteiger partial charge in [0.2, 0.25) is 5.91 Å². The smallest absolute Gasteiger partial charge is 0.223 e. The number of carbonyl (C=O) groups excluding carboxylic acids is 1. The summed E-state index contributed by atoms with van der Waals surface area (Å²) in [5, 5.41) is 0. The van der Waals surface area contributed by atoms with Gasteiger partial charge in [0.15, 0.2) is 0 Å². The first kappa shape index (κ1) is 17.0. The molecule has 0 bridgehead atoms. The molecule has 3 fully saturated rings. The second-order valence-electron chi connectivity index (χ2n) is 8.07. The van der Waals surface area contributed by atoms with E-state index in [9.17, 15) is 4.79 Å². The molecule has 0 radical (unpaired) electrons. The summed E-state index contributed by atoms with van der Waals surface area (Å²) in [7, 11) is 0. The van der Waals surface area contributed by atoms with Crippen molar-refractivity contribution >= 4 is 5.91 Å². The lowest BCUT2D eigenvalue weighted by Gasteiger charge is -2.38. The van der Waals surface area contributed by atoms with E-state index in [1.54, 1.807) is 0 Å². The molecule has 4 rings (SSSR count). The van der Waals surface area contributed by atoms with Gasteiger partial charge in [0, 0.05) is 38.2 Å². The van der Waals surface area contributed by atoms with E-state index in [0.717, 1.165) is 52.0 Å². The minimum absolute atomic E-state index is 0.0911. The molecular weight excluding hydrogens is 312 g/mol. The van der Waals surface area contributed by atoms with E-state index in [-0.39, 0.29) is 5.54 Å². The zero-order valence-electron chi connectivity index (χ0n) is 15.2. The molecule has 3 aliphatic rings. The third kappa shape index (κ3) is 3.75. The third-order valence-electron chi connectivity index (χ3n) is 6.41. The number of hydrogen-bond donors (Lipinski definition) is 0. The molecule has 3 saturated heterocycles. The standard InChI is InChI=1S/C21H30N2O2/c24-20-7-10-21(23(20)16-18-5-2-1-3-6-18)9-4-12-22(13-11-21)15-19-8-14-25-17-19/h1-3,5-6,19H,4,7-17H2. The van der Waals surface area contributed by atoms with Crippen LogP contribution < -0.4 is 0 Å². The number of nitrogens with zero attached hydrogens (tertiary/aromatic N) is 2. The summed E-state index contributed by atoms with van der Waals surface area (Å²) in [6.45, 7) is 6.10. The SMILES string of the molecule is O=C1CCC2(CCCN(CC3CCOC3)CC2)N1Cc1ccccc1. The van der Waals surface area contributed by atoms with Crippen LogP contribution in [0.3, 0.4) is 0 Å². The summed E-state index contributed by atoms with van der Waals surface area (Å²) in [5.41, 5.74) is 1.34. The van der Waals surface area contributed by atoms with Gasteiger partial charge in [0.05, 0.1) is 6.61 Å². The van der Waals surface area contributed by atoms with Crippen LogP contribution in [0.25, 0.3) is 0 Å². The molecule has 0 N–H and O–H groups in total. The number of benzene rings is 1. The summed E-state index contributed by atoms with van der Waals surface area (Å²) in [6.07, 6.45) is 6.46. The second-order valence-corrected chi connectivity index (χ2v) is 8.07. The average Bonchev–Trinajstić information content (AvgIpc) is 3.18. The highest BCUT2D eigenvalue weighted by Crippen LogP contribution is 2.40. The molecule has 1 amide bonds. The van der Waals surface area contributed by atoms with Crippen molar-refractivity contribution in [2.24, 2.45) is 5.92 Å². The van der Waals surface area contributed by atoms with Crippen molar-refractivity contribution in [3.63, 3.8) is 0 Å². The summed E-state index contributed by atoms with van der Waals surface area (Å²) >= 11 is 0. The van der Waals surface area contributed by atoms with Gasteiger partial charge in [-0.25, -0.2) is 0 Å². The van der Waals surface area contributed by atoms with Gasteiger partial charge >= 0.3 is 0 Å². The number of carbonyl (C=O) groups is 1. The number of ether oxygens (including phenoxy) is 1. The maximum absolute atomic E-state index is 12.6. The molecule has 25 heavy (non-hydrogen) atoms. The highest BCUT2D eigenvalue weighted by Gasteiger charge is 2.45. The maximum Gasteiger partial charge on any atom is 0.223 e. The lowest BCUT2D eigenvalue weighted by Crippen LogP contribution is -2.46. The van der Waals surface area contributed by atoms with Crippen LogP contribution in [0.15, 0.2) is 30.3 Å². The molecule has 0 aliphatic carbocycles. The van der Waals surface area contributed by atoms with Crippen LogP contribution in [0.4, 0.5) is 0 Å². The Morgan fingerprint density at radius 2 is 2.00 bits per heavy atom. The third-order valence-corrected chi connectivity index (χ3v) is 6.41. The zero-order chi connectivity index (χ0) is 17.1. The Balaban J connectivity index is 1.43. The molecule has 3 aliphatic heterocycles. The Morgan fingerprint density at radius 3 is 2.80 bits per heavy atom. The Morgan fingerprint density at radius 1 is 1.12 bits per heavy atom. The highest BCUT2D eigenvalue weighted by molar-refractivity contribution is 5.79. The number of rotatable bonds is 4. The maximum atomic E-state index is 12.6. The van der Waals surface area contributed by atoms with E-state index in [1.807, 2.05) is 6.07 Å². The van der Waals surface area contributed by atoms with Crippen molar-refractivity contribution in [3.05, 3.63) is 35.9 Å². The minimum Gasteiger partial charge on any atom is -0.381 e. The second kappa shape index (κ2) is 7.46. The zero-order valence-corrected chi connectivity index (χ0v) is 15.2. The van der Waals surface area contributed by atoms with Gasteiger partial charge in [0.25, 0.3) is 0 Å². The first-order valence-electron chi connectivity index (χ1n) is 9.90. The molecule has 0 aromatic heterocycles. The molecule has 0 saturated carbocycles. The molecule has 1 aromatic carbocycles. The van der Waals surface area contributed by atoms with Crippen molar-refractivity contribution in [1.82, 2.24) is 9.80 Å². The molecule has 2 unspecified atom stereocenters. The molecule has 2 atom stereocenters. The van der Waals surface area contributed by atoms with Gasteiger partial charge in [-0.2, -0.15) is 0 Å². The number of likely N-dealkylation sites (tertiary alicyclic amines) is 2. The fourth-order valence-electron chi connectivity index (χ4n) is 4.93. The van der Waals surface area contributed by atoms with Crippen LogP contribution in [-0.4, -0.2) is 54.1 Å². The molecule has 4 nitrogen and oxygen atoms in total. The van der Waals surface area contributed by atoms with Gasteiger partial charge < -0.3 is 14.5 Å². The van der Waals surface area contributed by atoms with E-state index in [2.05, 4.69) is 34.1 Å². The van der Waals surface area contributed by atoms with Gasteiger partial charge in [-0.1, -0.05) is 30.3 Å². The van der Waals surface area contributed by atoms with E-state index >= 15 is 0 Å². The quantitative estimate of drug-likeness (QED) is 0.843. The van der Waals surface area contributed by atoms with Crippen LogP contribution in [-0.2, 0) is 16.1 Å². The minimum atomic E-state index is 0.0911. The lowest BCUT2D eigenvalue weighted by molar-refractivity contribution is -0.132. The Kier molecular flexibility index (Phi) is 5.09. The topological polar surface area (TPSA) is 32.8 Å². The highest BCUT2D eigenvalue weighted by atomic mass is 16.5. The fourth-order valence-corrected chi connectivity index (χ4v) is 4.93. The molecule has 4 heteroatoms. The van der Waals surface area contributed by atoms with E-state index in [0.29, 0.717) is 11.8 Å². The van der Waals surface area contributed by atoms with Crippen molar-refractivity contribution < 1.29 is 9.53 Å². The summed E-state index contributed by atoms with van der Waals surface area (Å²) in [4.78, 5) is 17.5. The van der Waals surface area contributed by atoms with Crippen LogP contribution in [0.1, 0.15) is 44.1 Å². The van der Waals surface area contributed by atoms with E-state index in [4.69, 9.17) is 4.74 Å². The van der Waals surface area contributed by atoms with Crippen molar-refractivity contribution in [3.8, 4) is 0 Å². The lowest BCUT2D eigenvalue weighted by atomic mass is 9.87. The van der Waals surface area contributed by atoms with Gasteiger partial charge in [0.1, 0.15) is 0 Å². The summed E-state index contributed by atoms with van der Waals surface area (Å²) < 4.78 is 5.54. The monoisotopic (exact) mass is 342 g/mol. The Hall–Kier alpha value is -1.39. The van der Waals surface area contributed by atoms with Gasteiger partial charge in [-0.15, -0.1) is 0 Å². The molecule has 3 heterocycles. The Labute approximate surface area is 151 Å².